The molecule has 18 heavy (non-hydrogen) atoms. The largest absolute Gasteiger partial charge is 0.276 e. The summed E-state index contributed by atoms with van der Waals surface area (Å²) in [5.74, 6) is 1.73. The zero-order valence-electron chi connectivity index (χ0n) is 11.0. The van der Waals surface area contributed by atoms with Crippen molar-refractivity contribution in [2.24, 2.45) is 0 Å². The van der Waals surface area contributed by atoms with Gasteiger partial charge in [0.15, 0.2) is 0 Å². The standard InChI is InChI=1S/C15H19ClOS/c1-3-11-13(15(16)17)9-8-12(10-6-5-7-10)14(11)18-4-2/h8-10H,3-7H2,1-2H3. The monoisotopic (exact) mass is 282 g/mol. The number of rotatable bonds is 5. The predicted octanol–water partition coefficient (Wildman–Crippen LogP) is 5.01. The van der Waals surface area contributed by atoms with E-state index in [1.165, 1.54) is 29.7 Å². The van der Waals surface area contributed by atoms with E-state index in [1.54, 1.807) is 0 Å². The van der Waals surface area contributed by atoms with Gasteiger partial charge in [-0.2, -0.15) is 0 Å². The molecule has 0 atom stereocenters. The Kier molecular flexibility index (Phi) is 4.74. The minimum atomic E-state index is -0.329. The molecule has 1 aliphatic carbocycles. The third-order valence-corrected chi connectivity index (χ3v) is 4.95. The summed E-state index contributed by atoms with van der Waals surface area (Å²) in [5, 5.41) is -0.329. The topological polar surface area (TPSA) is 17.1 Å². The van der Waals surface area contributed by atoms with Crippen molar-refractivity contribution in [3.05, 3.63) is 28.8 Å². The second-order valence-electron chi connectivity index (χ2n) is 4.70. The molecule has 0 heterocycles. The maximum Gasteiger partial charge on any atom is 0.252 e. The lowest BCUT2D eigenvalue weighted by Gasteiger charge is -2.29. The highest BCUT2D eigenvalue weighted by Gasteiger charge is 2.25. The summed E-state index contributed by atoms with van der Waals surface area (Å²) in [7, 11) is 0. The Labute approximate surface area is 118 Å². The molecule has 1 nitrogen and oxygen atoms in total. The molecule has 1 aliphatic rings. The van der Waals surface area contributed by atoms with Crippen molar-refractivity contribution in [1.82, 2.24) is 0 Å². The quantitative estimate of drug-likeness (QED) is 0.558. The molecule has 0 unspecified atom stereocenters. The third-order valence-electron chi connectivity index (χ3n) is 3.69. The van der Waals surface area contributed by atoms with Gasteiger partial charge in [0.1, 0.15) is 0 Å². The SMILES string of the molecule is CCSc1c(C2CCC2)ccc(C(=O)Cl)c1CC. The molecule has 2 rings (SSSR count). The van der Waals surface area contributed by atoms with Crippen LogP contribution in [0.2, 0.25) is 0 Å². The molecule has 0 aromatic heterocycles. The Hall–Kier alpha value is -0.470. The first kappa shape index (κ1) is 14.0. The van der Waals surface area contributed by atoms with Crippen LogP contribution in [0.25, 0.3) is 0 Å². The lowest BCUT2D eigenvalue weighted by Crippen LogP contribution is -2.12. The highest BCUT2D eigenvalue weighted by atomic mass is 35.5. The van der Waals surface area contributed by atoms with E-state index in [9.17, 15) is 4.79 Å². The van der Waals surface area contributed by atoms with Crippen LogP contribution in [0.5, 0.6) is 0 Å². The number of hydrogen-bond acceptors (Lipinski definition) is 2. The van der Waals surface area contributed by atoms with Crippen molar-refractivity contribution in [3.63, 3.8) is 0 Å². The second-order valence-corrected chi connectivity index (χ2v) is 6.32. The lowest BCUT2D eigenvalue weighted by atomic mass is 9.79. The number of halogens is 1. The Morgan fingerprint density at radius 2 is 2.11 bits per heavy atom. The van der Waals surface area contributed by atoms with Gasteiger partial charge in [0, 0.05) is 10.5 Å². The zero-order chi connectivity index (χ0) is 13.1. The van der Waals surface area contributed by atoms with E-state index < -0.39 is 0 Å². The molecule has 98 valence electrons. The maximum absolute atomic E-state index is 11.5. The van der Waals surface area contributed by atoms with Crippen molar-refractivity contribution in [3.8, 4) is 0 Å². The average Bonchev–Trinajstić information content (AvgIpc) is 2.28. The molecule has 1 aromatic rings. The van der Waals surface area contributed by atoms with Gasteiger partial charge < -0.3 is 0 Å². The van der Waals surface area contributed by atoms with Crippen LogP contribution in [0.3, 0.4) is 0 Å². The molecule has 0 saturated heterocycles. The van der Waals surface area contributed by atoms with E-state index in [4.69, 9.17) is 11.6 Å². The van der Waals surface area contributed by atoms with Crippen LogP contribution in [0.1, 0.15) is 60.5 Å². The van der Waals surface area contributed by atoms with E-state index in [0.29, 0.717) is 11.5 Å². The molecule has 0 amide bonds. The van der Waals surface area contributed by atoms with Gasteiger partial charge in [-0.25, -0.2) is 0 Å². The highest BCUT2D eigenvalue weighted by molar-refractivity contribution is 7.99. The summed E-state index contributed by atoms with van der Waals surface area (Å²) in [6, 6.07) is 4.04. The average molecular weight is 283 g/mol. The molecule has 0 bridgehead atoms. The van der Waals surface area contributed by atoms with Gasteiger partial charge in [-0.1, -0.05) is 26.3 Å². The van der Waals surface area contributed by atoms with E-state index in [1.807, 2.05) is 17.8 Å². The van der Waals surface area contributed by atoms with Gasteiger partial charge in [0.25, 0.3) is 5.24 Å². The summed E-state index contributed by atoms with van der Waals surface area (Å²) < 4.78 is 0. The molecule has 0 aliphatic heterocycles. The van der Waals surface area contributed by atoms with E-state index in [0.717, 1.165) is 17.7 Å². The fourth-order valence-corrected chi connectivity index (χ4v) is 3.83. The summed E-state index contributed by atoms with van der Waals surface area (Å²) in [5.41, 5.74) is 3.27. The molecule has 1 aromatic carbocycles. The molecule has 0 N–H and O–H groups in total. The Morgan fingerprint density at radius 3 is 2.56 bits per heavy atom. The van der Waals surface area contributed by atoms with Gasteiger partial charge in [-0.05, 0) is 59.7 Å². The van der Waals surface area contributed by atoms with Crippen molar-refractivity contribution < 1.29 is 4.79 Å². The van der Waals surface area contributed by atoms with Gasteiger partial charge in [-0.15, -0.1) is 11.8 Å². The molecule has 0 radical (unpaired) electrons. The minimum absolute atomic E-state index is 0.329. The fourth-order valence-electron chi connectivity index (χ4n) is 2.54. The molecule has 0 spiro atoms. The van der Waals surface area contributed by atoms with Crippen molar-refractivity contribution in [2.45, 2.75) is 50.3 Å². The van der Waals surface area contributed by atoms with Gasteiger partial charge in [0.05, 0.1) is 0 Å². The first-order chi connectivity index (χ1) is 8.69. The van der Waals surface area contributed by atoms with Crippen molar-refractivity contribution >= 4 is 28.6 Å². The Bertz CT molecular complexity index is 452. The van der Waals surface area contributed by atoms with Crippen molar-refractivity contribution in [2.75, 3.05) is 5.75 Å². The summed E-state index contributed by atoms with van der Waals surface area (Å²) in [6.07, 6.45) is 4.78. The van der Waals surface area contributed by atoms with Crippen LogP contribution in [-0.4, -0.2) is 11.0 Å². The van der Waals surface area contributed by atoms with E-state index in [-0.39, 0.29) is 5.24 Å². The van der Waals surface area contributed by atoms with Crippen LogP contribution in [0.4, 0.5) is 0 Å². The zero-order valence-corrected chi connectivity index (χ0v) is 12.5. The predicted molar refractivity (Wildman–Crippen MR) is 79.0 cm³/mol. The number of benzene rings is 1. The maximum atomic E-state index is 11.5. The number of carbonyl (C=O) groups excluding carboxylic acids is 1. The van der Waals surface area contributed by atoms with Gasteiger partial charge in [0.2, 0.25) is 0 Å². The minimum Gasteiger partial charge on any atom is -0.276 e. The molecule has 1 saturated carbocycles. The Balaban J connectivity index is 2.50. The van der Waals surface area contributed by atoms with Crippen LogP contribution in [0, 0.1) is 0 Å². The molecular formula is C15H19ClOS. The first-order valence-corrected chi connectivity index (χ1v) is 8.03. The fraction of sp³-hybridized carbons (Fsp3) is 0.533. The van der Waals surface area contributed by atoms with Gasteiger partial charge >= 0.3 is 0 Å². The van der Waals surface area contributed by atoms with Crippen LogP contribution in [-0.2, 0) is 6.42 Å². The van der Waals surface area contributed by atoms with Crippen LogP contribution < -0.4 is 0 Å². The smallest absolute Gasteiger partial charge is 0.252 e. The summed E-state index contributed by atoms with van der Waals surface area (Å²) >= 11 is 7.54. The van der Waals surface area contributed by atoms with E-state index in [2.05, 4.69) is 19.9 Å². The van der Waals surface area contributed by atoms with Crippen molar-refractivity contribution in [1.29, 1.82) is 0 Å². The second kappa shape index (κ2) is 6.12. The first-order valence-electron chi connectivity index (χ1n) is 6.67. The van der Waals surface area contributed by atoms with Crippen LogP contribution in [0.15, 0.2) is 17.0 Å². The number of carbonyl (C=O) groups is 1. The van der Waals surface area contributed by atoms with Gasteiger partial charge in [-0.3, -0.25) is 4.79 Å². The summed E-state index contributed by atoms with van der Waals surface area (Å²) in [6.45, 7) is 4.26. The van der Waals surface area contributed by atoms with E-state index >= 15 is 0 Å². The summed E-state index contributed by atoms with van der Waals surface area (Å²) in [4.78, 5) is 12.8. The third kappa shape index (κ3) is 2.60. The molecular weight excluding hydrogens is 264 g/mol. The Morgan fingerprint density at radius 1 is 1.39 bits per heavy atom. The number of hydrogen-bond donors (Lipinski definition) is 0. The number of thioether (sulfide) groups is 1. The molecule has 1 fully saturated rings. The normalized spacial score (nSPS) is 15.5. The molecule has 3 heteroatoms. The highest BCUT2D eigenvalue weighted by Crippen LogP contribution is 2.43. The van der Waals surface area contributed by atoms with Crippen LogP contribution >= 0.6 is 23.4 Å². The lowest BCUT2D eigenvalue weighted by molar-refractivity contribution is 0.108.